The second-order valence-corrected chi connectivity index (χ2v) is 7.94. The van der Waals surface area contributed by atoms with E-state index in [1.807, 2.05) is 0 Å². The maximum Gasteiger partial charge on any atom is 0.490 e. The predicted molar refractivity (Wildman–Crippen MR) is 114 cm³/mol. The summed E-state index contributed by atoms with van der Waals surface area (Å²) in [5.74, 6) is -2.10. The molecule has 1 saturated heterocycles. The van der Waals surface area contributed by atoms with Gasteiger partial charge >= 0.3 is 18.1 Å². The van der Waals surface area contributed by atoms with Crippen LogP contribution in [0.4, 0.5) is 13.2 Å². The van der Waals surface area contributed by atoms with Gasteiger partial charge < -0.3 is 29.6 Å². The van der Waals surface area contributed by atoms with E-state index >= 15 is 0 Å². The molecule has 1 amide bonds. The molecule has 1 aromatic carbocycles. The highest BCUT2D eigenvalue weighted by atomic mass is 19.4. The Morgan fingerprint density at radius 3 is 2.69 bits per heavy atom. The summed E-state index contributed by atoms with van der Waals surface area (Å²) in [6, 6.07) is 7.49. The Morgan fingerprint density at radius 1 is 1.37 bits per heavy atom. The number of carboxylic acid groups (broad SMARTS) is 1. The molecule has 2 atom stereocenters. The van der Waals surface area contributed by atoms with E-state index in [1.54, 1.807) is 25.3 Å². The van der Waals surface area contributed by atoms with Crippen LogP contribution in [0.15, 0.2) is 28.8 Å². The first-order valence-electron chi connectivity index (χ1n) is 10.6. The number of aliphatic carboxylic acids is 1. The molecule has 1 aromatic heterocycles. The number of hydrogen-bond acceptors (Lipinski definition) is 8. The summed E-state index contributed by atoms with van der Waals surface area (Å²) >= 11 is 0. The molecule has 0 bridgehead atoms. The van der Waals surface area contributed by atoms with Crippen LogP contribution in [-0.4, -0.2) is 66.6 Å². The Hall–Kier alpha value is -3.63. The minimum atomic E-state index is -5.08. The lowest BCUT2D eigenvalue weighted by atomic mass is 10.1. The first-order chi connectivity index (χ1) is 16.6. The van der Waals surface area contributed by atoms with Gasteiger partial charge in [0.25, 0.3) is 5.89 Å². The molecule has 188 valence electrons. The molecule has 35 heavy (non-hydrogen) atoms. The van der Waals surface area contributed by atoms with Crippen molar-refractivity contribution in [2.45, 2.75) is 43.6 Å². The van der Waals surface area contributed by atoms with Gasteiger partial charge in [0.1, 0.15) is 5.75 Å². The number of carbonyl (C=O) groups excluding carboxylic acids is 1. The van der Waals surface area contributed by atoms with E-state index < -0.39 is 12.1 Å². The van der Waals surface area contributed by atoms with Crippen LogP contribution >= 0.6 is 0 Å². The van der Waals surface area contributed by atoms with Gasteiger partial charge in [0.15, 0.2) is 5.76 Å². The van der Waals surface area contributed by atoms with Crippen LogP contribution in [0, 0.1) is 11.3 Å². The van der Waals surface area contributed by atoms with Crippen LogP contribution in [0.2, 0.25) is 0 Å². The molecule has 2 aromatic rings. The lowest BCUT2D eigenvalue weighted by Gasteiger charge is -2.11. The SMILES string of the molecule is COC[C@H]1C[C@@H](NC(=O)c2ncc(-c3cc(C#N)ccc3OC3CC3)o2)CN1.O=C(O)C(F)(F)F. The molecule has 4 rings (SSSR count). The lowest BCUT2D eigenvalue weighted by Crippen LogP contribution is -2.36. The molecule has 1 aliphatic carbocycles. The standard InChI is InChI=1S/C20H22N4O4.C2HF3O2/c1-26-11-14-7-13(9-22-14)24-19(25)20-23-10-18(28-20)16-6-12(8-21)2-5-17(16)27-15-3-4-15;3-2(4,5)1(6)7/h2,5-6,10,13-15,22H,3-4,7,9,11H2,1H3,(H,24,25);(H,6,7)/t13-,14-;/m1./s1. The van der Waals surface area contributed by atoms with Crippen molar-refractivity contribution in [3.05, 3.63) is 35.9 Å². The summed E-state index contributed by atoms with van der Waals surface area (Å²) in [5, 5.41) is 22.5. The number of hydrogen-bond donors (Lipinski definition) is 3. The summed E-state index contributed by atoms with van der Waals surface area (Å²) < 4.78 is 48.5. The van der Waals surface area contributed by atoms with Crippen LogP contribution < -0.4 is 15.4 Å². The van der Waals surface area contributed by atoms with E-state index in [1.165, 1.54) is 6.20 Å². The van der Waals surface area contributed by atoms with Gasteiger partial charge in [0.2, 0.25) is 0 Å². The normalized spacial score (nSPS) is 19.3. The topological polar surface area (TPSA) is 147 Å². The number of nitrogens with zero attached hydrogens (tertiary/aromatic N) is 2. The number of carbonyl (C=O) groups is 2. The molecule has 13 heteroatoms. The molecule has 3 N–H and O–H groups in total. The van der Waals surface area contributed by atoms with Crippen molar-refractivity contribution < 1.29 is 41.8 Å². The maximum absolute atomic E-state index is 12.5. The monoisotopic (exact) mass is 496 g/mol. The fraction of sp³-hybridized carbons (Fsp3) is 0.455. The smallest absolute Gasteiger partial charge is 0.490 e. The van der Waals surface area contributed by atoms with Crippen LogP contribution in [0.25, 0.3) is 11.3 Å². The highest BCUT2D eigenvalue weighted by Crippen LogP contribution is 2.36. The zero-order valence-corrected chi connectivity index (χ0v) is 18.6. The van der Waals surface area contributed by atoms with Gasteiger partial charge in [0.05, 0.1) is 36.1 Å². The van der Waals surface area contributed by atoms with Gasteiger partial charge in [-0.25, -0.2) is 9.78 Å². The van der Waals surface area contributed by atoms with Gasteiger partial charge in [-0.2, -0.15) is 18.4 Å². The van der Waals surface area contributed by atoms with E-state index in [-0.39, 0.29) is 30.0 Å². The number of methoxy groups -OCH3 is 1. The first-order valence-corrected chi connectivity index (χ1v) is 10.6. The van der Waals surface area contributed by atoms with Crippen molar-refractivity contribution in [1.29, 1.82) is 5.26 Å². The van der Waals surface area contributed by atoms with Crippen molar-refractivity contribution in [1.82, 2.24) is 15.6 Å². The average molecular weight is 496 g/mol. The molecular formula is C22H23F3N4O6. The molecule has 1 saturated carbocycles. The van der Waals surface area contributed by atoms with Gasteiger partial charge in [0, 0.05) is 25.7 Å². The summed E-state index contributed by atoms with van der Waals surface area (Å²) in [5.41, 5.74) is 1.11. The number of aromatic nitrogens is 1. The summed E-state index contributed by atoms with van der Waals surface area (Å²) in [6.07, 6.45) is -0.568. The third-order valence-corrected chi connectivity index (χ3v) is 5.06. The van der Waals surface area contributed by atoms with Crippen molar-refractivity contribution >= 4 is 11.9 Å². The van der Waals surface area contributed by atoms with E-state index in [0.29, 0.717) is 35.8 Å². The summed E-state index contributed by atoms with van der Waals surface area (Å²) in [4.78, 5) is 25.5. The third-order valence-electron chi connectivity index (χ3n) is 5.06. The van der Waals surface area contributed by atoms with Gasteiger partial charge in [-0.3, -0.25) is 4.79 Å². The number of alkyl halides is 3. The number of nitrogens with one attached hydrogen (secondary N) is 2. The first kappa shape index (κ1) is 26.0. The fourth-order valence-electron chi connectivity index (χ4n) is 3.27. The fourth-order valence-corrected chi connectivity index (χ4v) is 3.27. The van der Waals surface area contributed by atoms with Crippen molar-refractivity contribution in [3.8, 4) is 23.1 Å². The van der Waals surface area contributed by atoms with Gasteiger partial charge in [-0.05, 0) is 37.5 Å². The van der Waals surface area contributed by atoms with E-state index in [2.05, 4.69) is 21.7 Å². The molecule has 2 heterocycles. The molecule has 0 radical (unpaired) electrons. The van der Waals surface area contributed by atoms with E-state index in [0.717, 1.165) is 19.3 Å². The lowest BCUT2D eigenvalue weighted by molar-refractivity contribution is -0.192. The van der Waals surface area contributed by atoms with Crippen molar-refractivity contribution in [2.75, 3.05) is 20.3 Å². The Bertz CT molecular complexity index is 1090. The van der Waals surface area contributed by atoms with Crippen molar-refractivity contribution in [2.24, 2.45) is 0 Å². The number of halogens is 3. The summed E-state index contributed by atoms with van der Waals surface area (Å²) in [7, 11) is 1.66. The predicted octanol–water partition coefficient (Wildman–Crippen LogP) is 2.49. The van der Waals surface area contributed by atoms with Crippen LogP contribution in [-0.2, 0) is 9.53 Å². The second kappa shape index (κ2) is 11.2. The number of carboxylic acids is 1. The Labute approximate surface area is 198 Å². The molecule has 0 spiro atoms. The van der Waals surface area contributed by atoms with Crippen LogP contribution in [0.5, 0.6) is 5.75 Å². The Balaban J connectivity index is 0.000000429. The average Bonchev–Trinajstić information content (AvgIpc) is 3.29. The zero-order valence-electron chi connectivity index (χ0n) is 18.6. The second-order valence-electron chi connectivity index (χ2n) is 7.94. The number of rotatable bonds is 7. The highest BCUT2D eigenvalue weighted by molar-refractivity contribution is 5.90. The van der Waals surface area contributed by atoms with Crippen molar-refractivity contribution in [3.63, 3.8) is 0 Å². The maximum atomic E-state index is 12.5. The summed E-state index contributed by atoms with van der Waals surface area (Å²) in [6.45, 7) is 1.28. The molecule has 2 fully saturated rings. The van der Waals surface area contributed by atoms with E-state index in [4.69, 9.17) is 23.8 Å². The number of oxazole rings is 1. The number of benzene rings is 1. The quantitative estimate of drug-likeness (QED) is 0.526. The number of ether oxygens (including phenoxy) is 2. The minimum Gasteiger partial charge on any atom is -0.490 e. The number of nitriles is 1. The van der Waals surface area contributed by atoms with Gasteiger partial charge in [-0.15, -0.1) is 0 Å². The van der Waals surface area contributed by atoms with Crippen LogP contribution in [0.1, 0.15) is 35.5 Å². The number of amides is 1. The van der Waals surface area contributed by atoms with Gasteiger partial charge in [-0.1, -0.05) is 0 Å². The Morgan fingerprint density at radius 2 is 2.09 bits per heavy atom. The zero-order chi connectivity index (χ0) is 25.6. The highest BCUT2D eigenvalue weighted by Gasteiger charge is 2.38. The largest absolute Gasteiger partial charge is 0.490 e. The van der Waals surface area contributed by atoms with Crippen LogP contribution in [0.3, 0.4) is 0 Å². The molecule has 10 nitrogen and oxygen atoms in total. The third kappa shape index (κ3) is 7.43. The van der Waals surface area contributed by atoms with E-state index in [9.17, 15) is 23.2 Å². The molecule has 0 unspecified atom stereocenters. The molecule has 2 aliphatic rings. The Kier molecular flexibility index (Phi) is 8.31. The molecule has 1 aliphatic heterocycles. The minimum absolute atomic E-state index is 0.00122. The molecular weight excluding hydrogens is 473 g/mol.